The van der Waals surface area contributed by atoms with Crippen molar-refractivity contribution in [3.63, 3.8) is 0 Å². The van der Waals surface area contributed by atoms with Crippen molar-refractivity contribution in [3.05, 3.63) is 35.4 Å². The Labute approximate surface area is 77.0 Å². The summed E-state index contributed by atoms with van der Waals surface area (Å²) < 4.78 is 4.52. The van der Waals surface area contributed by atoms with Crippen LogP contribution in [0.15, 0.2) is 24.3 Å². The Morgan fingerprint density at radius 3 is 2.23 bits per heavy atom. The Hall–Kier alpha value is -1.35. The first-order valence-corrected chi connectivity index (χ1v) is 3.99. The van der Waals surface area contributed by atoms with Crippen LogP contribution in [0, 0.1) is 0 Å². The predicted octanol–water partition coefficient (Wildman–Crippen LogP) is 1.96. The third-order valence-corrected chi connectivity index (χ3v) is 1.80. The van der Waals surface area contributed by atoms with Crippen molar-refractivity contribution < 1.29 is 14.6 Å². The van der Waals surface area contributed by atoms with Crippen molar-refractivity contribution in [2.24, 2.45) is 0 Å². The molecule has 3 nitrogen and oxygen atoms in total. The molecule has 1 aromatic rings. The summed E-state index contributed by atoms with van der Waals surface area (Å²) in [7, 11) is 1.33. The molecule has 1 radical (unpaired) electrons. The second kappa shape index (κ2) is 4.05. The lowest BCUT2D eigenvalue weighted by Gasteiger charge is -2.03. The SMILES string of the molecule is COC(=O)c1ccc(C(C)[O])cc1. The molecule has 1 aromatic carbocycles. The van der Waals surface area contributed by atoms with Gasteiger partial charge in [0.2, 0.25) is 0 Å². The van der Waals surface area contributed by atoms with Crippen LogP contribution in [0.25, 0.3) is 0 Å². The fourth-order valence-corrected chi connectivity index (χ4v) is 1.01. The van der Waals surface area contributed by atoms with Crippen molar-refractivity contribution in [1.82, 2.24) is 0 Å². The highest BCUT2D eigenvalue weighted by Gasteiger charge is 2.06. The summed E-state index contributed by atoms with van der Waals surface area (Å²) in [6, 6.07) is 6.47. The van der Waals surface area contributed by atoms with E-state index < -0.39 is 6.10 Å². The normalized spacial score (nSPS) is 12.2. The average molecular weight is 179 g/mol. The third-order valence-electron chi connectivity index (χ3n) is 1.80. The molecule has 0 saturated heterocycles. The van der Waals surface area contributed by atoms with E-state index in [4.69, 9.17) is 0 Å². The van der Waals surface area contributed by atoms with Gasteiger partial charge in [-0.05, 0) is 24.6 Å². The van der Waals surface area contributed by atoms with Gasteiger partial charge < -0.3 is 4.74 Å². The Bertz CT molecular complexity index is 288. The number of rotatable bonds is 2. The molecular weight excluding hydrogens is 168 g/mol. The number of hydrogen-bond donors (Lipinski definition) is 0. The van der Waals surface area contributed by atoms with Crippen molar-refractivity contribution >= 4 is 5.97 Å². The standard InChI is InChI=1S/C10H11O3/c1-7(11)8-3-5-9(6-4-8)10(12)13-2/h3-7H,1-2H3. The number of carbonyl (C=O) groups is 1. The van der Waals surface area contributed by atoms with E-state index >= 15 is 0 Å². The minimum Gasteiger partial charge on any atom is -0.465 e. The molecule has 0 amide bonds. The molecule has 0 saturated carbocycles. The number of methoxy groups -OCH3 is 1. The maximum absolute atomic E-state index is 11.0. The van der Waals surface area contributed by atoms with Crippen LogP contribution in [0.4, 0.5) is 0 Å². The van der Waals surface area contributed by atoms with E-state index in [1.165, 1.54) is 7.11 Å². The maximum atomic E-state index is 11.0. The fourth-order valence-electron chi connectivity index (χ4n) is 1.01. The van der Waals surface area contributed by atoms with Gasteiger partial charge in [0.25, 0.3) is 0 Å². The molecule has 13 heavy (non-hydrogen) atoms. The Balaban J connectivity index is 2.87. The van der Waals surface area contributed by atoms with Gasteiger partial charge in [-0.2, -0.15) is 0 Å². The zero-order valence-electron chi connectivity index (χ0n) is 7.61. The summed E-state index contributed by atoms with van der Waals surface area (Å²) >= 11 is 0. The highest BCUT2D eigenvalue weighted by atomic mass is 16.5. The summed E-state index contributed by atoms with van der Waals surface area (Å²) in [5.74, 6) is -0.384. The van der Waals surface area contributed by atoms with Gasteiger partial charge in [-0.3, -0.25) is 0 Å². The van der Waals surface area contributed by atoms with Crippen LogP contribution in [0.2, 0.25) is 0 Å². The molecular formula is C10H11O3. The molecule has 1 atom stereocenters. The monoisotopic (exact) mass is 179 g/mol. The largest absolute Gasteiger partial charge is 0.465 e. The zero-order valence-corrected chi connectivity index (χ0v) is 7.61. The number of esters is 1. The van der Waals surface area contributed by atoms with Gasteiger partial charge in [0.05, 0.1) is 12.7 Å². The molecule has 0 aliphatic heterocycles. The minimum atomic E-state index is -0.758. The molecule has 69 valence electrons. The summed E-state index contributed by atoms with van der Waals surface area (Å²) in [6.07, 6.45) is -0.758. The van der Waals surface area contributed by atoms with Crippen LogP contribution in [-0.4, -0.2) is 13.1 Å². The second-order valence-electron chi connectivity index (χ2n) is 2.76. The zero-order chi connectivity index (χ0) is 9.84. The van der Waals surface area contributed by atoms with Gasteiger partial charge in [-0.25, -0.2) is 9.90 Å². The molecule has 0 N–H and O–H groups in total. The quantitative estimate of drug-likeness (QED) is 0.651. The molecule has 0 aliphatic carbocycles. The summed E-state index contributed by atoms with van der Waals surface area (Å²) in [5, 5.41) is 11.0. The summed E-state index contributed by atoms with van der Waals surface area (Å²) in [4.78, 5) is 11.0. The van der Waals surface area contributed by atoms with Crippen LogP contribution in [0.3, 0.4) is 0 Å². The van der Waals surface area contributed by atoms with Gasteiger partial charge in [-0.1, -0.05) is 12.1 Å². The van der Waals surface area contributed by atoms with Gasteiger partial charge in [0.15, 0.2) is 0 Å². The third kappa shape index (κ3) is 2.29. The molecule has 0 aliphatic rings. The average Bonchev–Trinajstić information content (AvgIpc) is 2.17. The highest BCUT2D eigenvalue weighted by molar-refractivity contribution is 5.89. The smallest absolute Gasteiger partial charge is 0.337 e. The van der Waals surface area contributed by atoms with Crippen LogP contribution in [0.1, 0.15) is 28.9 Å². The Kier molecular flexibility index (Phi) is 3.03. The molecule has 0 heterocycles. The molecule has 1 rings (SSSR count). The van der Waals surface area contributed by atoms with Crippen LogP contribution in [0.5, 0.6) is 0 Å². The van der Waals surface area contributed by atoms with Gasteiger partial charge in [0, 0.05) is 0 Å². The second-order valence-corrected chi connectivity index (χ2v) is 2.76. The van der Waals surface area contributed by atoms with Crippen LogP contribution < -0.4 is 0 Å². The van der Waals surface area contributed by atoms with E-state index in [0.717, 1.165) is 0 Å². The Morgan fingerprint density at radius 1 is 1.31 bits per heavy atom. The van der Waals surface area contributed by atoms with Crippen molar-refractivity contribution in [2.75, 3.05) is 7.11 Å². The lowest BCUT2D eigenvalue weighted by atomic mass is 10.1. The highest BCUT2D eigenvalue weighted by Crippen LogP contribution is 2.13. The topological polar surface area (TPSA) is 46.2 Å². The molecule has 1 unspecified atom stereocenters. The van der Waals surface area contributed by atoms with Crippen molar-refractivity contribution in [1.29, 1.82) is 0 Å². The van der Waals surface area contributed by atoms with Gasteiger partial charge in [-0.15, -0.1) is 0 Å². The maximum Gasteiger partial charge on any atom is 0.337 e. The van der Waals surface area contributed by atoms with E-state index in [0.29, 0.717) is 11.1 Å². The summed E-state index contributed by atoms with van der Waals surface area (Å²) in [6.45, 7) is 1.56. The molecule has 0 bridgehead atoms. The molecule has 0 fully saturated rings. The fraction of sp³-hybridized carbons (Fsp3) is 0.300. The van der Waals surface area contributed by atoms with E-state index in [-0.39, 0.29) is 5.97 Å². The Morgan fingerprint density at radius 2 is 1.85 bits per heavy atom. The number of hydrogen-bond acceptors (Lipinski definition) is 2. The van der Waals surface area contributed by atoms with E-state index in [2.05, 4.69) is 4.74 Å². The molecule has 0 aromatic heterocycles. The van der Waals surface area contributed by atoms with Crippen molar-refractivity contribution in [2.45, 2.75) is 13.0 Å². The minimum absolute atomic E-state index is 0.384. The van der Waals surface area contributed by atoms with E-state index in [1.54, 1.807) is 31.2 Å². The lowest BCUT2D eigenvalue weighted by molar-refractivity contribution is 0.0600. The molecule has 0 spiro atoms. The predicted molar refractivity (Wildman–Crippen MR) is 46.9 cm³/mol. The first-order valence-electron chi connectivity index (χ1n) is 3.99. The first kappa shape index (κ1) is 9.74. The number of carbonyl (C=O) groups excluding carboxylic acids is 1. The van der Waals surface area contributed by atoms with E-state index in [1.807, 2.05) is 0 Å². The molecule has 3 heteroatoms. The van der Waals surface area contributed by atoms with Crippen LogP contribution >= 0.6 is 0 Å². The van der Waals surface area contributed by atoms with Gasteiger partial charge >= 0.3 is 5.97 Å². The summed E-state index contributed by atoms with van der Waals surface area (Å²) in [5.41, 5.74) is 1.14. The first-order chi connectivity index (χ1) is 6.15. The van der Waals surface area contributed by atoms with Crippen LogP contribution in [-0.2, 0) is 9.84 Å². The van der Waals surface area contributed by atoms with Crippen molar-refractivity contribution in [3.8, 4) is 0 Å². The number of benzene rings is 1. The van der Waals surface area contributed by atoms with E-state index in [9.17, 15) is 9.90 Å². The number of ether oxygens (including phenoxy) is 1. The lowest BCUT2D eigenvalue weighted by Crippen LogP contribution is -2.01. The van der Waals surface area contributed by atoms with Gasteiger partial charge in [0.1, 0.15) is 6.10 Å².